The van der Waals surface area contributed by atoms with Crippen molar-refractivity contribution >= 4 is 15.9 Å². The normalized spacial score (nSPS) is 10.9. The molecule has 1 aromatic rings. The highest BCUT2D eigenvalue weighted by Crippen LogP contribution is 2.27. The third-order valence-corrected chi connectivity index (χ3v) is 2.43. The Labute approximate surface area is 84.3 Å². The Kier molecular flexibility index (Phi) is 3.36. The van der Waals surface area contributed by atoms with Crippen molar-refractivity contribution < 1.29 is 8.78 Å². The average molecular weight is 250 g/mol. The lowest BCUT2D eigenvalue weighted by Gasteiger charge is -2.10. The van der Waals surface area contributed by atoms with Gasteiger partial charge in [0, 0.05) is 22.3 Å². The molecule has 0 atom stereocenters. The largest absolute Gasteiger partial charge is 0.265 e. The molecule has 0 aliphatic rings. The summed E-state index contributed by atoms with van der Waals surface area (Å²) in [6, 6.07) is 1.68. The molecule has 0 amide bonds. The summed E-state index contributed by atoms with van der Waals surface area (Å²) < 4.78 is 25.1. The van der Waals surface area contributed by atoms with Gasteiger partial charge in [0.1, 0.15) is 0 Å². The van der Waals surface area contributed by atoms with Crippen LogP contribution >= 0.6 is 15.9 Å². The third kappa shape index (κ3) is 2.24. The Morgan fingerprint density at radius 3 is 2.54 bits per heavy atom. The molecule has 0 aliphatic carbocycles. The summed E-state index contributed by atoms with van der Waals surface area (Å²) in [7, 11) is 0. The lowest BCUT2D eigenvalue weighted by Crippen LogP contribution is -2.00. The Morgan fingerprint density at radius 1 is 1.46 bits per heavy atom. The number of pyridine rings is 1. The maximum atomic E-state index is 12.5. The molecular formula is C9H10BrF2N. The van der Waals surface area contributed by atoms with Crippen LogP contribution in [0.3, 0.4) is 0 Å². The number of halogens is 3. The Morgan fingerprint density at radius 2 is 2.08 bits per heavy atom. The van der Waals surface area contributed by atoms with E-state index in [0.717, 1.165) is 5.69 Å². The van der Waals surface area contributed by atoms with E-state index in [9.17, 15) is 8.78 Å². The van der Waals surface area contributed by atoms with E-state index in [1.165, 1.54) is 0 Å². The number of hydrogen-bond acceptors (Lipinski definition) is 1. The lowest BCUT2D eigenvalue weighted by atomic mass is 10.1. The number of nitrogens with zero attached hydrogens (tertiary/aromatic N) is 1. The van der Waals surface area contributed by atoms with Crippen LogP contribution in [0.4, 0.5) is 8.78 Å². The maximum absolute atomic E-state index is 12.5. The maximum Gasteiger partial charge on any atom is 0.265 e. The molecule has 4 heteroatoms. The predicted molar refractivity (Wildman–Crippen MR) is 51.3 cm³/mol. The van der Waals surface area contributed by atoms with Crippen molar-refractivity contribution in [3.63, 3.8) is 0 Å². The first-order valence-electron chi connectivity index (χ1n) is 3.87. The molecule has 0 radical (unpaired) electrons. The summed E-state index contributed by atoms with van der Waals surface area (Å²) in [5, 5.41) is 0.441. The van der Waals surface area contributed by atoms with Gasteiger partial charge in [-0.1, -0.05) is 15.9 Å². The zero-order valence-corrected chi connectivity index (χ0v) is 9.03. The molecule has 0 aliphatic heterocycles. The van der Waals surface area contributed by atoms with Gasteiger partial charge in [-0.25, -0.2) is 8.78 Å². The second-order valence-electron chi connectivity index (χ2n) is 2.86. The zero-order chi connectivity index (χ0) is 10.0. The molecule has 0 saturated heterocycles. The molecule has 1 heterocycles. The Hall–Kier alpha value is -0.510. The summed E-state index contributed by atoms with van der Waals surface area (Å²) in [6.07, 6.45) is -2.44. The summed E-state index contributed by atoms with van der Waals surface area (Å²) in [4.78, 5) is 4.00. The van der Waals surface area contributed by atoms with E-state index in [1.54, 1.807) is 19.9 Å². The van der Waals surface area contributed by atoms with Gasteiger partial charge in [-0.05, 0) is 25.5 Å². The second-order valence-corrected chi connectivity index (χ2v) is 3.42. The van der Waals surface area contributed by atoms with Gasteiger partial charge in [0.15, 0.2) is 0 Å². The van der Waals surface area contributed by atoms with Crippen molar-refractivity contribution in [2.75, 3.05) is 0 Å². The van der Waals surface area contributed by atoms with Crippen LogP contribution in [0.5, 0.6) is 0 Å². The molecule has 72 valence electrons. The number of rotatable bonds is 2. The van der Waals surface area contributed by atoms with Crippen LogP contribution in [0, 0.1) is 13.8 Å². The van der Waals surface area contributed by atoms with Crippen molar-refractivity contribution in [1.82, 2.24) is 4.98 Å². The molecular weight excluding hydrogens is 240 g/mol. The quantitative estimate of drug-likeness (QED) is 0.731. The fourth-order valence-electron chi connectivity index (χ4n) is 1.33. The smallest absolute Gasteiger partial charge is 0.258 e. The Bertz CT molecular complexity index is 313. The van der Waals surface area contributed by atoms with Crippen LogP contribution in [0.25, 0.3) is 0 Å². The molecule has 1 rings (SSSR count). The fourth-order valence-corrected chi connectivity index (χ4v) is 1.79. The van der Waals surface area contributed by atoms with E-state index < -0.39 is 6.43 Å². The second kappa shape index (κ2) is 4.13. The van der Waals surface area contributed by atoms with Gasteiger partial charge in [0.25, 0.3) is 6.43 Å². The van der Waals surface area contributed by atoms with Crippen LogP contribution in [0.1, 0.15) is 28.9 Å². The van der Waals surface area contributed by atoms with Crippen LogP contribution in [-0.4, -0.2) is 4.98 Å². The monoisotopic (exact) mass is 249 g/mol. The Balaban J connectivity index is 3.30. The minimum Gasteiger partial charge on any atom is -0.258 e. The minimum absolute atomic E-state index is 0.0578. The van der Waals surface area contributed by atoms with Crippen molar-refractivity contribution in [2.24, 2.45) is 0 Å². The van der Waals surface area contributed by atoms with Crippen LogP contribution < -0.4 is 0 Å². The van der Waals surface area contributed by atoms with E-state index in [4.69, 9.17) is 0 Å². The van der Waals surface area contributed by atoms with Crippen molar-refractivity contribution in [3.8, 4) is 0 Å². The van der Waals surface area contributed by atoms with Crippen molar-refractivity contribution in [3.05, 3.63) is 28.6 Å². The van der Waals surface area contributed by atoms with Gasteiger partial charge < -0.3 is 0 Å². The molecule has 0 N–H and O–H groups in total. The molecule has 1 aromatic heterocycles. The molecule has 0 fully saturated rings. The number of alkyl halides is 3. The highest BCUT2D eigenvalue weighted by Gasteiger charge is 2.16. The van der Waals surface area contributed by atoms with Crippen molar-refractivity contribution in [2.45, 2.75) is 25.6 Å². The summed E-state index contributed by atoms with van der Waals surface area (Å²) in [5.41, 5.74) is 1.88. The first-order valence-corrected chi connectivity index (χ1v) is 4.99. The first-order chi connectivity index (χ1) is 6.06. The third-order valence-electron chi connectivity index (χ3n) is 1.83. The van der Waals surface area contributed by atoms with Crippen molar-refractivity contribution in [1.29, 1.82) is 0 Å². The van der Waals surface area contributed by atoms with Gasteiger partial charge in [-0.3, -0.25) is 4.98 Å². The molecule has 13 heavy (non-hydrogen) atoms. The molecule has 1 nitrogen and oxygen atoms in total. The van der Waals surface area contributed by atoms with E-state index in [0.29, 0.717) is 16.6 Å². The van der Waals surface area contributed by atoms with E-state index >= 15 is 0 Å². The van der Waals surface area contributed by atoms with Crippen LogP contribution in [-0.2, 0) is 5.33 Å². The standard InChI is InChI=1S/C9H10BrF2N/c1-5-3-7(4-10)8(9(11)12)6(2)13-5/h3,9H,4H2,1-2H3. The van der Waals surface area contributed by atoms with Gasteiger partial charge in [0.2, 0.25) is 0 Å². The molecule has 0 aromatic carbocycles. The topological polar surface area (TPSA) is 12.9 Å². The average Bonchev–Trinajstić information content (AvgIpc) is 2.01. The number of aromatic nitrogens is 1. The molecule has 0 saturated carbocycles. The summed E-state index contributed by atoms with van der Waals surface area (Å²) >= 11 is 3.18. The van der Waals surface area contributed by atoms with Gasteiger partial charge in [0.05, 0.1) is 0 Å². The molecule has 0 unspecified atom stereocenters. The van der Waals surface area contributed by atoms with E-state index in [2.05, 4.69) is 20.9 Å². The predicted octanol–water partition coefficient (Wildman–Crippen LogP) is 3.53. The summed E-state index contributed by atoms with van der Waals surface area (Å²) in [6.45, 7) is 3.41. The van der Waals surface area contributed by atoms with Crippen LogP contribution in [0.15, 0.2) is 6.07 Å². The number of aryl methyl sites for hydroxylation is 2. The minimum atomic E-state index is -2.44. The van der Waals surface area contributed by atoms with Gasteiger partial charge in [-0.2, -0.15) is 0 Å². The van der Waals surface area contributed by atoms with Gasteiger partial charge in [-0.15, -0.1) is 0 Å². The highest BCUT2D eigenvalue weighted by molar-refractivity contribution is 9.08. The fraction of sp³-hybridized carbons (Fsp3) is 0.444. The summed E-state index contributed by atoms with van der Waals surface area (Å²) in [5.74, 6) is 0. The first kappa shape index (κ1) is 10.6. The highest BCUT2D eigenvalue weighted by atomic mass is 79.9. The SMILES string of the molecule is Cc1cc(CBr)c(C(F)F)c(C)n1. The molecule has 0 spiro atoms. The lowest BCUT2D eigenvalue weighted by molar-refractivity contribution is 0.149. The van der Waals surface area contributed by atoms with E-state index in [-0.39, 0.29) is 5.56 Å². The number of hydrogen-bond donors (Lipinski definition) is 0. The van der Waals surface area contributed by atoms with Gasteiger partial charge >= 0.3 is 0 Å². The zero-order valence-electron chi connectivity index (χ0n) is 7.44. The van der Waals surface area contributed by atoms with Crippen LogP contribution in [0.2, 0.25) is 0 Å². The molecule has 0 bridgehead atoms. The van der Waals surface area contributed by atoms with E-state index in [1.807, 2.05) is 0 Å².